The lowest BCUT2D eigenvalue weighted by Gasteiger charge is -2.28. The molecule has 3 aromatic carbocycles. The van der Waals surface area contributed by atoms with Gasteiger partial charge in [0.1, 0.15) is 13.2 Å². The Kier molecular flexibility index (Phi) is 7.57. The van der Waals surface area contributed by atoms with Gasteiger partial charge in [-0.1, -0.05) is 60.1 Å². The molecule has 1 aliphatic rings. The lowest BCUT2D eigenvalue weighted by Crippen LogP contribution is -2.45. The van der Waals surface area contributed by atoms with Gasteiger partial charge in [-0.2, -0.15) is 0 Å². The number of nitrogens with one attached hydrogen (secondary N) is 2. The number of amides is 2. The number of urea groups is 1. The summed E-state index contributed by atoms with van der Waals surface area (Å²) in [5, 5.41) is 6.09. The molecule has 2 N–H and O–H groups in total. The average molecular weight is 493 g/mol. The normalized spacial score (nSPS) is 15.2. The molecule has 180 valence electrons. The molecule has 7 nitrogen and oxygen atoms in total. The molecule has 0 aromatic heterocycles. The number of esters is 1. The van der Waals surface area contributed by atoms with Crippen molar-refractivity contribution in [2.24, 2.45) is 0 Å². The summed E-state index contributed by atoms with van der Waals surface area (Å²) in [4.78, 5) is 25.3. The third-order valence-electron chi connectivity index (χ3n) is 5.51. The van der Waals surface area contributed by atoms with Gasteiger partial charge in [-0.15, -0.1) is 0 Å². The standard InChI is InChI=1S/C27H25ClN2O5/c1-17-24(26(31)35-15-18-7-4-3-5-8-18)25(30-27(32)29-17)20-11-12-22(23(14-20)33-2)34-16-19-9-6-10-21(28)13-19/h3-14,25H,15-16H2,1-2H3,(H2,29,30,32). The number of methoxy groups -OCH3 is 1. The van der Waals surface area contributed by atoms with Crippen molar-refractivity contribution in [1.29, 1.82) is 0 Å². The molecule has 0 fully saturated rings. The number of halogens is 1. The molecule has 0 saturated heterocycles. The summed E-state index contributed by atoms with van der Waals surface area (Å²) in [6.07, 6.45) is 0. The molecule has 8 heteroatoms. The van der Waals surface area contributed by atoms with E-state index in [9.17, 15) is 9.59 Å². The SMILES string of the molecule is COc1cc(C2NC(=O)NC(C)=C2C(=O)OCc2ccccc2)ccc1OCc1cccc(Cl)c1. The topological polar surface area (TPSA) is 85.9 Å². The van der Waals surface area contributed by atoms with Gasteiger partial charge in [0, 0.05) is 10.7 Å². The molecule has 0 aliphatic carbocycles. The summed E-state index contributed by atoms with van der Waals surface area (Å²) in [5.41, 5.74) is 3.17. The highest BCUT2D eigenvalue weighted by atomic mass is 35.5. The van der Waals surface area contributed by atoms with Crippen LogP contribution in [0.1, 0.15) is 29.7 Å². The zero-order chi connectivity index (χ0) is 24.8. The van der Waals surface area contributed by atoms with Crippen molar-refractivity contribution in [2.75, 3.05) is 7.11 Å². The van der Waals surface area contributed by atoms with Gasteiger partial charge in [-0.05, 0) is 47.9 Å². The van der Waals surface area contributed by atoms with Gasteiger partial charge in [-0.3, -0.25) is 0 Å². The van der Waals surface area contributed by atoms with E-state index in [0.29, 0.717) is 40.0 Å². The van der Waals surface area contributed by atoms with E-state index >= 15 is 0 Å². The van der Waals surface area contributed by atoms with E-state index < -0.39 is 18.0 Å². The van der Waals surface area contributed by atoms with Crippen LogP contribution >= 0.6 is 11.6 Å². The number of allylic oxidation sites excluding steroid dienone is 1. The molecule has 3 aromatic rings. The van der Waals surface area contributed by atoms with Crippen molar-refractivity contribution < 1.29 is 23.8 Å². The van der Waals surface area contributed by atoms with E-state index in [4.69, 9.17) is 25.8 Å². The monoisotopic (exact) mass is 492 g/mol. The molecule has 0 radical (unpaired) electrons. The molecule has 0 saturated carbocycles. The molecule has 1 atom stereocenters. The van der Waals surface area contributed by atoms with E-state index in [1.807, 2.05) is 48.5 Å². The van der Waals surface area contributed by atoms with Crippen molar-refractivity contribution >= 4 is 23.6 Å². The van der Waals surface area contributed by atoms with Crippen molar-refractivity contribution in [1.82, 2.24) is 10.6 Å². The van der Waals surface area contributed by atoms with Crippen molar-refractivity contribution in [3.05, 3.63) is 106 Å². The van der Waals surface area contributed by atoms with Crippen LogP contribution in [0.4, 0.5) is 4.79 Å². The van der Waals surface area contributed by atoms with Gasteiger partial charge in [-0.25, -0.2) is 9.59 Å². The summed E-state index contributed by atoms with van der Waals surface area (Å²) in [6, 6.07) is 20.9. The van der Waals surface area contributed by atoms with Crippen LogP contribution in [0.2, 0.25) is 5.02 Å². The molecule has 35 heavy (non-hydrogen) atoms. The van der Waals surface area contributed by atoms with E-state index in [-0.39, 0.29) is 6.61 Å². The Labute approximate surface area is 208 Å². The van der Waals surface area contributed by atoms with Gasteiger partial charge < -0.3 is 24.8 Å². The van der Waals surface area contributed by atoms with Crippen molar-refractivity contribution in [3.8, 4) is 11.5 Å². The minimum absolute atomic E-state index is 0.122. The van der Waals surface area contributed by atoms with E-state index in [1.54, 1.807) is 31.2 Å². The predicted octanol–water partition coefficient (Wildman–Crippen LogP) is 5.30. The van der Waals surface area contributed by atoms with E-state index in [1.165, 1.54) is 7.11 Å². The fourth-order valence-electron chi connectivity index (χ4n) is 3.79. The quantitative estimate of drug-likeness (QED) is 0.417. The molecule has 4 rings (SSSR count). The van der Waals surface area contributed by atoms with Gasteiger partial charge in [0.2, 0.25) is 0 Å². The number of ether oxygens (including phenoxy) is 3. The van der Waals surface area contributed by atoms with E-state index in [0.717, 1.165) is 11.1 Å². The minimum Gasteiger partial charge on any atom is -0.493 e. The number of rotatable bonds is 8. The minimum atomic E-state index is -0.720. The molecule has 1 aliphatic heterocycles. The summed E-state index contributed by atoms with van der Waals surface area (Å²) in [5.74, 6) is 0.460. The molecule has 0 bridgehead atoms. The van der Waals surface area contributed by atoms with Crippen LogP contribution in [-0.4, -0.2) is 19.1 Å². The number of hydrogen-bond donors (Lipinski definition) is 2. The Hall–Kier alpha value is -3.97. The number of carbonyl (C=O) groups excluding carboxylic acids is 2. The largest absolute Gasteiger partial charge is 0.493 e. The second-order valence-electron chi connectivity index (χ2n) is 7.96. The molecule has 1 heterocycles. The average Bonchev–Trinajstić information content (AvgIpc) is 2.86. The first-order valence-electron chi connectivity index (χ1n) is 11.0. The van der Waals surface area contributed by atoms with Crippen LogP contribution in [0.5, 0.6) is 11.5 Å². The summed E-state index contributed by atoms with van der Waals surface area (Å²) in [7, 11) is 1.53. The number of hydrogen-bond acceptors (Lipinski definition) is 5. The summed E-state index contributed by atoms with van der Waals surface area (Å²) in [6.45, 7) is 2.09. The fourth-order valence-corrected chi connectivity index (χ4v) is 4.00. The number of benzene rings is 3. The lowest BCUT2D eigenvalue weighted by molar-refractivity contribution is -0.140. The van der Waals surface area contributed by atoms with Crippen LogP contribution in [-0.2, 0) is 22.7 Å². The molecular weight excluding hydrogens is 468 g/mol. The van der Waals surface area contributed by atoms with Crippen LogP contribution in [0.3, 0.4) is 0 Å². The van der Waals surface area contributed by atoms with Crippen LogP contribution < -0.4 is 20.1 Å². The van der Waals surface area contributed by atoms with Crippen molar-refractivity contribution in [3.63, 3.8) is 0 Å². The molecule has 2 amide bonds. The number of carbonyl (C=O) groups is 2. The van der Waals surface area contributed by atoms with Gasteiger partial charge in [0.15, 0.2) is 11.5 Å². The Morgan fingerprint density at radius 3 is 2.46 bits per heavy atom. The van der Waals surface area contributed by atoms with E-state index in [2.05, 4.69) is 10.6 Å². The second-order valence-corrected chi connectivity index (χ2v) is 8.40. The maximum absolute atomic E-state index is 13.0. The highest BCUT2D eigenvalue weighted by Gasteiger charge is 2.32. The predicted molar refractivity (Wildman–Crippen MR) is 132 cm³/mol. The van der Waals surface area contributed by atoms with Crippen LogP contribution in [0, 0.1) is 0 Å². The Morgan fingerprint density at radius 1 is 0.943 bits per heavy atom. The fraction of sp³-hybridized carbons (Fsp3) is 0.185. The highest BCUT2D eigenvalue weighted by Crippen LogP contribution is 2.35. The zero-order valence-electron chi connectivity index (χ0n) is 19.3. The van der Waals surface area contributed by atoms with Crippen LogP contribution in [0.15, 0.2) is 84.1 Å². The molecule has 0 spiro atoms. The maximum atomic E-state index is 13.0. The zero-order valence-corrected chi connectivity index (χ0v) is 20.1. The smallest absolute Gasteiger partial charge is 0.338 e. The first kappa shape index (κ1) is 24.2. The maximum Gasteiger partial charge on any atom is 0.338 e. The van der Waals surface area contributed by atoms with Gasteiger partial charge in [0.05, 0.1) is 18.7 Å². The van der Waals surface area contributed by atoms with Crippen molar-refractivity contribution in [2.45, 2.75) is 26.2 Å². The molecule has 1 unspecified atom stereocenters. The first-order valence-corrected chi connectivity index (χ1v) is 11.4. The van der Waals surface area contributed by atoms with Crippen LogP contribution in [0.25, 0.3) is 0 Å². The van der Waals surface area contributed by atoms with Gasteiger partial charge >= 0.3 is 12.0 Å². The molecular formula is C27H25ClN2O5. The Bertz CT molecular complexity index is 1260. The first-order chi connectivity index (χ1) is 16.9. The third kappa shape index (κ3) is 5.94. The third-order valence-corrected chi connectivity index (χ3v) is 5.74. The lowest BCUT2D eigenvalue weighted by atomic mass is 9.95. The Morgan fingerprint density at radius 2 is 1.71 bits per heavy atom. The Balaban J connectivity index is 1.55. The second kappa shape index (κ2) is 11.0. The summed E-state index contributed by atoms with van der Waals surface area (Å²) >= 11 is 6.05. The summed E-state index contributed by atoms with van der Waals surface area (Å²) < 4.78 is 17.0. The van der Waals surface area contributed by atoms with Gasteiger partial charge in [0.25, 0.3) is 0 Å². The highest BCUT2D eigenvalue weighted by molar-refractivity contribution is 6.30.